The van der Waals surface area contributed by atoms with E-state index in [2.05, 4.69) is 91.6 Å². The fraction of sp³-hybridized carbons (Fsp3) is 0.462. The predicted octanol–water partition coefficient (Wildman–Crippen LogP) is 3.98. The Labute approximate surface area is 314 Å². The van der Waals surface area contributed by atoms with Gasteiger partial charge in [0.15, 0.2) is 11.6 Å². The minimum Gasteiger partial charge on any atom is -0.481 e. The Morgan fingerprint density at radius 2 is 1.48 bits per heavy atom. The zero-order valence-electron chi connectivity index (χ0n) is 31.3. The number of rotatable bonds is 8. The molecule has 3 saturated heterocycles. The number of aromatic nitrogens is 7. The Kier molecular flexibility index (Phi) is 8.96. The topological polar surface area (TPSA) is 158 Å². The average Bonchev–Trinajstić information content (AvgIpc) is 3.94. The maximum absolute atomic E-state index is 7.62. The summed E-state index contributed by atoms with van der Waals surface area (Å²) in [6, 6.07) is 10.4. The summed E-state index contributed by atoms with van der Waals surface area (Å²) in [5.74, 6) is 2.48. The first-order chi connectivity index (χ1) is 26.3. The van der Waals surface area contributed by atoms with Crippen molar-refractivity contribution in [2.24, 2.45) is 0 Å². The van der Waals surface area contributed by atoms with Crippen LogP contribution < -0.4 is 20.3 Å². The lowest BCUT2D eigenvalue weighted by molar-refractivity contribution is -0.0586. The SMILES string of the molecule is C[C@@H]1COCCN1C1=CC(N2CCNCC2)(C(C)(C)Oc2cc3ccnc(-c4ccn[nH]4)c3nc2N2CCOC[C@@H]2C)c2ccnc(-c3ccn[nH]3)c2N1. The van der Waals surface area contributed by atoms with Gasteiger partial charge in [0, 0.05) is 75.0 Å². The molecule has 1 unspecified atom stereocenters. The minimum absolute atomic E-state index is 0.0838. The van der Waals surface area contributed by atoms with Crippen molar-refractivity contribution in [1.29, 1.82) is 0 Å². The van der Waals surface area contributed by atoms with Crippen molar-refractivity contribution in [3.8, 4) is 28.5 Å². The van der Waals surface area contributed by atoms with Crippen molar-refractivity contribution in [1.82, 2.24) is 50.5 Å². The molecule has 0 aromatic carbocycles. The molecule has 0 amide bonds. The highest BCUT2D eigenvalue weighted by Crippen LogP contribution is 2.52. The Hall–Kier alpha value is -5.09. The largest absolute Gasteiger partial charge is 0.481 e. The molecule has 15 nitrogen and oxygen atoms in total. The van der Waals surface area contributed by atoms with Crippen LogP contribution in [-0.2, 0) is 15.0 Å². The molecule has 9 rings (SSSR count). The van der Waals surface area contributed by atoms with Gasteiger partial charge in [-0.2, -0.15) is 10.2 Å². The monoisotopic (exact) mass is 732 g/mol. The summed E-state index contributed by atoms with van der Waals surface area (Å²) < 4.78 is 19.4. The van der Waals surface area contributed by atoms with Crippen LogP contribution in [0.5, 0.6) is 5.75 Å². The molecule has 5 aromatic rings. The van der Waals surface area contributed by atoms with Crippen LogP contribution in [0, 0.1) is 0 Å². The first-order valence-electron chi connectivity index (χ1n) is 19.0. The summed E-state index contributed by atoms with van der Waals surface area (Å²) >= 11 is 0. The molecule has 4 N–H and O–H groups in total. The molecule has 0 bridgehead atoms. The highest BCUT2D eigenvalue weighted by molar-refractivity contribution is 5.93. The van der Waals surface area contributed by atoms with Crippen LogP contribution in [0.2, 0.25) is 0 Å². The first kappa shape index (κ1) is 34.7. The van der Waals surface area contributed by atoms with E-state index < -0.39 is 11.1 Å². The number of ether oxygens (including phenoxy) is 3. The Morgan fingerprint density at radius 1 is 0.815 bits per heavy atom. The molecular formula is C39H48N12O3. The lowest BCUT2D eigenvalue weighted by Gasteiger charge is -2.56. The van der Waals surface area contributed by atoms with E-state index in [0.717, 1.165) is 89.3 Å². The van der Waals surface area contributed by atoms with Gasteiger partial charge in [0.1, 0.15) is 33.9 Å². The van der Waals surface area contributed by atoms with Gasteiger partial charge >= 0.3 is 0 Å². The molecule has 3 fully saturated rings. The summed E-state index contributed by atoms with van der Waals surface area (Å²) in [6.45, 7) is 16.1. The molecule has 4 aliphatic heterocycles. The summed E-state index contributed by atoms with van der Waals surface area (Å²) in [6.07, 6.45) is 9.64. The smallest absolute Gasteiger partial charge is 0.172 e. The maximum atomic E-state index is 7.62. The van der Waals surface area contributed by atoms with Gasteiger partial charge in [-0.3, -0.25) is 25.1 Å². The second-order valence-corrected chi connectivity index (χ2v) is 15.1. The van der Waals surface area contributed by atoms with E-state index in [-0.39, 0.29) is 12.1 Å². The van der Waals surface area contributed by atoms with E-state index in [0.29, 0.717) is 38.7 Å². The van der Waals surface area contributed by atoms with Crippen LogP contribution in [0.4, 0.5) is 11.5 Å². The van der Waals surface area contributed by atoms with Crippen LogP contribution >= 0.6 is 0 Å². The van der Waals surface area contributed by atoms with Crippen LogP contribution in [0.1, 0.15) is 33.3 Å². The number of H-pyrrole nitrogens is 2. The van der Waals surface area contributed by atoms with Gasteiger partial charge in [-0.25, -0.2) is 4.98 Å². The summed E-state index contributed by atoms with van der Waals surface area (Å²) in [5.41, 5.74) is 4.37. The molecule has 54 heavy (non-hydrogen) atoms. The second kappa shape index (κ2) is 14.0. The van der Waals surface area contributed by atoms with Gasteiger partial charge in [-0.05, 0) is 64.1 Å². The minimum atomic E-state index is -0.868. The van der Waals surface area contributed by atoms with Crippen molar-refractivity contribution in [2.75, 3.05) is 75.9 Å². The quantitative estimate of drug-likeness (QED) is 0.182. The number of anilines is 2. The van der Waals surface area contributed by atoms with Gasteiger partial charge in [-0.1, -0.05) is 0 Å². The molecule has 0 radical (unpaired) electrons. The molecule has 282 valence electrons. The van der Waals surface area contributed by atoms with E-state index in [9.17, 15) is 0 Å². The zero-order valence-corrected chi connectivity index (χ0v) is 31.3. The number of pyridine rings is 3. The third-order valence-corrected chi connectivity index (χ3v) is 11.4. The number of aromatic amines is 2. The van der Waals surface area contributed by atoms with Gasteiger partial charge in [0.25, 0.3) is 0 Å². The highest BCUT2D eigenvalue weighted by Gasteiger charge is 2.56. The van der Waals surface area contributed by atoms with E-state index in [1.165, 1.54) is 0 Å². The normalized spacial score (nSPS) is 23.9. The highest BCUT2D eigenvalue weighted by atomic mass is 16.5. The molecule has 5 aromatic heterocycles. The van der Waals surface area contributed by atoms with E-state index in [1.54, 1.807) is 12.4 Å². The van der Waals surface area contributed by atoms with Crippen molar-refractivity contribution in [3.05, 3.63) is 72.6 Å². The molecular weight excluding hydrogens is 685 g/mol. The molecule has 0 aliphatic carbocycles. The lowest BCUT2D eigenvalue weighted by Crippen LogP contribution is -2.66. The maximum Gasteiger partial charge on any atom is 0.172 e. The fourth-order valence-corrected chi connectivity index (χ4v) is 8.67. The summed E-state index contributed by atoms with van der Waals surface area (Å²) in [5, 5.41) is 23.2. The molecule has 15 heteroatoms. The number of piperazine rings is 1. The number of hydrogen-bond acceptors (Lipinski definition) is 13. The fourth-order valence-electron chi connectivity index (χ4n) is 8.67. The van der Waals surface area contributed by atoms with E-state index in [4.69, 9.17) is 29.2 Å². The van der Waals surface area contributed by atoms with E-state index in [1.807, 2.05) is 30.6 Å². The van der Waals surface area contributed by atoms with Gasteiger partial charge < -0.3 is 34.6 Å². The second-order valence-electron chi connectivity index (χ2n) is 15.1. The summed E-state index contributed by atoms with van der Waals surface area (Å²) in [7, 11) is 0. The standard InChI is InChI=1S/C39H48N12O3/c1-25-23-52-19-17-50(25)32-22-39(49-15-13-40-14-16-49,28-6-10-42-36(34(28)45-32)30-8-12-44-48-30)38(3,4)54-31-21-27-5-9-41-35(29-7-11-43-47-29)33(27)46-37(31)51-18-20-53-24-26(51)2/h5-12,21-22,25-26,40,45H,13-20,23-24H2,1-4H3,(H,43,47)(H,44,48)/t25-,26+,39?/m1/s1. The molecule has 0 saturated carbocycles. The number of hydrogen-bond donors (Lipinski definition) is 4. The average molecular weight is 733 g/mol. The third kappa shape index (κ3) is 5.86. The molecule has 3 atom stereocenters. The van der Waals surface area contributed by atoms with Gasteiger partial charge in [-0.15, -0.1) is 0 Å². The van der Waals surface area contributed by atoms with Gasteiger partial charge in [0.2, 0.25) is 0 Å². The van der Waals surface area contributed by atoms with Crippen LogP contribution in [0.3, 0.4) is 0 Å². The number of morpholine rings is 2. The zero-order chi connectivity index (χ0) is 36.9. The lowest BCUT2D eigenvalue weighted by atomic mass is 9.71. The molecule has 0 spiro atoms. The van der Waals surface area contributed by atoms with Crippen molar-refractivity contribution < 1.29 is 14.2 Å². The Bertz CT molecular complexity index is 2130. The van der Waals surface area contributed by atoms with E-state index >= 15 is 0 Å². The predicted molar refractivity (Wildman–Crippen MR) is 206 cm³/mol. The van der Waals surface area contributed by atoms with Crippen LogP contribution in [0.15, 0.2) is 67.0 Å². The summed E-state index contributed by atoms with van der Waals surface area (Å²) in [4.78, 5) is 22.4. The first-order valence-corrected chi connectivity index (χ1v) is 19.0. The number of nitrogens with zero attached hydrogens (tertiary/aromatic N) is 8. The van der Waals surface area contributed by atoms with Crippen LogP contribution in [-0.4, -0.2) is 129 Å². The van der Waals surface area contributed by atoms with Gasteiger partial charge in [0.05, 0.1) is 55.6 Å². The van der Waals surface area contributed by atoms with Crippen molar-refractivity contribution in [3.63, 3.8) is 0 Å². The van der Waals surface area contributed by atoms with Crippen LogP contribution in [0.25, 0.3) is 33.7 Å². The molecule has 4 aliphatic rings. The number of nitrogens with one attached hydrogen (secondary N) is 4. The number of fused-ring (bicyclic) bond motifs is 2. The Balaban J connectivity index is 1.26. The Morgan fingerprint density at radius 3 is 2.17 bits per heavy atom. The van der Waals surface area contributed by atoms with Crippen molar-refractivity contribution >= 4 is 22.4 Å². The van der Waals surface area contributed by atoms with Crippen molar-refractivity contribution in [2.45, 2.75) is 50.9 Å². The molecule has 9 heterocycles. The third-order valence-electron chi connectivity index (χ3n) is 11.4.